The molecule has 0 saturated heterocycles. The molecule has 30 aromatic rings. The van der Waals surface area contributed by atoms with Crippen molar-refractivity contribution in [2.45, 2.75) is 0 Å². The molecule has 6 nitrogen and oxygen atoms in total. The Morgan fingerprint density at radius 2 is 0.260 bits per heavy atom. The van der Waals surface area contributed by atoms with Crippen molar-refractivity contribution < 1.29 is 0 Å². The third-order valence-corrected chi connectivity index (χ3v) is 30.4. The third kappa shape index (κ3) is 15.4. The lowest BCUT2D eigenvalue weighted by Gasteiger charge is -2.12. The Balaban J connectivity index is 0.000000108. The first-order chi connectivity index (χ1) is 74.4. The van der Waals surface area contributed by atoms with Gasteiger partial charge in [0.25, 0.3) is 0 Å². The zero-order valence-electron chi connectivity index (χ0n) is 82.1. The summed E-state index contributed by atoms with van der Waals surface area (Å²) in [6, 6.07) is 211. The Hall–Kier alpha value is -19.9. The summed E-state index contributed by atoms with van der Waals surface area (Å²) in [6.07, 6.45) is 0. The molecule has 6 aromatic heterocycles. The van der Waals surface area contributed by atoms with Gasteiger partial charge in [0.05, 0.1) is 66.2 Å². The average molecular weight is 1910 g/mol. The van der Waals surface area contributed by atoms with Crippen molar-refractivity contribution in [2.75, 3.05) is 0 Å². The van der Waals surface area contributed by atoms with Crippen molar-refractivity contribution in [2.24, 2.45) is 0 Å². The van der Waals surface area contributed by atoms with Gasteiger partial charge in [-0.05, 0) is 258 Å². The van der Waals surface area contributed by atoms with Gasteiger partial charge in [-0.15, -0.1) is 0 Å². The first-order valence-electron chi connectivity index (χ1n) is 51.6. The van der Waals surface area contributed by atoms with Crippen LogP contribution in [-0.2, 0) is 0 Å². The Labute approximate surface area is 868 Å². The molecule has 0 aliphatic rings. The van der Waals surface area contributed by atoms with Crippen LogP contribution in [0.15, 0.2) is 582 Å². The van der Waals surface area contributed by atoms with Crippen LogP contribution in [0.3, 0.4) is 0 Å². The van der Waals surface area contributed by atoms with Crippen LogP contribution in [0.4, 0.5) is 0 Å². The van der Waals surface area contributed by atoms with E-state index in [0.717, 1.165) is 34.1 Å². The summed E-state index contributed by atoms with van der Waals surface area (Å²) in [5.74, 6) is 0. The van der Waals surface area contributed by atoms with Crippen LogP contribution < -0.4 is 0 Å². The fourth-order valence-corrected chi connectivity index (χ4v) is 23.4. The first kappa shape index (κ1) is 87.8. The first-order valence-corrected chi connectivity index (χ1v) is 51.6. The van der Waals surface area contributed by atoms with E-state index in [0.29, 0.717) is 0 Å². The molecule has 0 bridgehead atoms. The van der Waals surface area contributed by atoms with Crippen LogP contribution in [0.1, 0.15) is 0 Å². The predicted molar refractivity (Wildman–Crippen MR) is 634 cm³/mol. The maximum atomic E-state index is 2.42. The largest absolute Gasteiger partial charge is 0.309 e. The Morgan fingerprint density at radius 3 is 0.560 bits per heavy atom. The summed E-state index contributed by atoms with van der Waals surface area (Å²) in [4.78, 5) is 0. The van der Waals surface area contributed by atoms with Crippen LogP contribution in [0.5, 0.6) is 0 Å². The Morgan fingerprint density at radius 1 is 0.0867 bits per heavy atom. The fourth-order valence-electron chi connectivity index (χ4n) is 23.4. The van der Waals surface area contributed by atoms with E-state index in [1.807, 2.05) is 0 Å². The number of aromatic nitrogens is 6. The van der Waals surface area contributed by atoms with E-state index in [4.69, 9.17) is 0 Å². The van der Waals surface area contributed by atoms with E-state index in [2.05, 4.69) is 610 Å². The van der Waals surface area contributed by atoms with Crippen LogP contribution >= 0.6 is 0 Å². The summed E-state index contributed by atoms with van der Waals surface area (Å²) in [6.45, 7) is 0. The second-order valence-corrected chi connectivity index (χ2v) is 38.9. The molecule has 6 heterocycles. The van der Waals surface area contributed by atoms with Gasteiger partial charge in [0.15, 0.2) is 0 Å². The van der Waals surface area contributed by atoms with Crippen LogP contribution in [0, 0.1) is 0 Å². The minimum Gasteiger partial charge on any atom is -0.309 e. The molecule has 0 aliphatic carbocycles. The van der Waals surface area contributed by atoms with Crippen LogP contribution in [-0.4, -0.2) is 27.4 Å². The topological polar surface area (TPSA) is 29.6 Å². The van der Waals surface area contributed by atoms with Crippen molar-refractivity contribution in [3.8, 4) is 134 Å². The number of para-hydroxylation sites is 6. The zero-order valence-corrected chi connectivity index (χ0v) is 82.1. The molecule has 0 fully saturated rings. The van der Waals surface area contributed by atoms with Gasteiger partial charge in [0.2, 0.25) is 0 Å². The maximum Gasteiger partial charge on any atom is 0.0547 e. The van der Waals surface area contributed by atoms with Crippen molar-refractivity contribution in [1.82, 2.24) is 27.4 Å². The van der Waals surface area contributed by atoms with E-state index in [1.165, 1.54) is 231 Å². The smallest absolute Gasteiger partial charge is 0.0547 e. The highest BCUT2D eigenvalue weighted by Crippen LogP contribution is 2.48. The summed E-state index contributed by atoms with van der Waals surface area (Å²) in [7, 11) is 0. The van der Waals surface area contributed by atoms with Crippen molar-refractivity contribution >= 4 is 131 Å². The zero-order chi connectivity index (χ0) is 99.1. The molecule has 30 rings (SSSR count). The van der Waals surface area contributed by atoms with Gasteiger partial charge in [-0.25, -0.2) is 0 Å². The highest BCUT2D eigenvalue weighted by atomic mass is 15.0. The van der Waals surface area contributed by atoms with E-state index < -0.39 is 0 Å². The standard InChI is InChI=1S/3C48H32N2/c1-3-12-33(13-4-1)35-22-27-38(28-23-35)49-45-20-10-8-17-43(45)48-40(18-11-21-46(48)49)37-26-31-42-41-16-7-9-19-44(41)50(47(42)32-37)39-29-24-36(25-30-39)34-14-5-2-6-15-34;1-3-12-33(13-4-1)35-22-27-38(28-23-35)49-44-19-9-7-16-41(44)43-32-37(26-31-46(43)49)40-18-11-21-47-48(40)42-17-8-10-20-45(42)50(47)39-29-24-36(25-30-39)34-14-5-2-6-15-34;1-3-11-33(12-4-1)35-19-25-39(26-20-35)49-46-18-10-8-16-42(46)44-31-37(24-30-47(44)49)38-23-29-43-41-15-7-9-17-45(41)50(48(43)32-38)40-27-21-36(22-28-40)34-13-5-2-6-14-34/h3*1-32H. The summed E-state index contributed by atoms with van der Waals surface area (Å²) in [5, 5.41) is 15.1. The number of fused-ring (bicyclic) bond motifs is 18. The van der Waals surface area contributed by atoms with Crippen LogP contribution in [0.2, 0.25) is 0 Å². The third-order valence-electron chi connectivity index (χ3n) is 30.4. The number of benzene rings is 24. The normalized spacial score (nSPS) is 11.6. The maximum absolute atomic E-state index is 2.42. The Kier molecular flexibility index (Phi) is 21.9. The summed E-state index contributed by atoms with van der Waals surface area (Å²) >= 11 is 0. The lowest BCUT2D eigenvalue weighted by molar-refractivity contribution is 1.18. The predicted octanol–water partition coefficient (Wildman–Crippen LogP) is 38.6. The summed E-state index contributed by atoms with van der Waals surface area (Å²) in [5.41, 5.74) is 43.4. The molecule has 150 heavy (non-hydrogen) atoms. The van der Waals surface area contributed by atoms with Gasteiger partial charge in [0.1, 0.15) is 0 Å². The fraction of sp³-hybridized carbons (Fsp3) is 0. The van der Waals surface area contributed by atoms with Crippen molar-refractivity contribution in [3.63, 3.8) is 0 Å². The molecule has 0 aliphatic heterocycles. The van der Waals surface area contributed by atoms with Crippen molar-refractivity contribution in [3.05, 3.63) is 582 Å². The molecule has 0 saturated carbocycles. The number of nitrogens with zero attached hydrogens (tertiary/aromatic N) is 6. The van der Waals surface area contributed by atoms with Gasteiger partial charge < -0.3 is 27.4 Å². The number of hydrogen-bond acceptors (Lipinski definition) is 0. The molecular weight excluding hydrogens is 1810 g/mol. The monoisotopic (exact) mass is 1910 g/mol. The van der Waals surface area contributed by atoms with Gasteiger partial charge in [-0.3, -0.25) is 0 Å². The van der Waals surface area contributed by atoms with Gasteiger partial charge >= 0.3 is 0 Å². The SMILES string of the molecule is c1ccc(-c2ccc(-n3c4ccccc4c4cc(-c5ccc6c7ccccc7n(-c7ccc(-c8ccccc8)cc7)c6c5)ccc43)cc2)cc1.c1ccc(-c2ccc(-n3c4ccccc4c4cc(-c5cccc6c5c5ccccc5n6-c5ccc(-c6ccccc6)cc5)ccc43)cc2)cc1.c1ccc(-c2ccc(-n3c4ccccc4c4ccc(-c5cccc6c5c5ccccc5n6-c5ccc(-c6ccccc6)cc5)cc43)cc2)cc1. The lowest BCUT2D eigenvalue weighted by Crippen LogP contribution is -1.94. The van der Waals surface area contributed by atoms with Crippen LogP contribution in [0.25, 0.3) is 265 Å². The lowest BCUT2D eigenvalue weighted by atomic mass is 9.98. The molecule has 0 atom stereocenters. The Bertz CT molecular complexity index is 10300. The molecular formula is C144H96N6. The van der Waals surface area contributed by atoms with Gasteiger partial charge in [-0.1, -0.05) is 425 Å². The van der Waals surface area contributed by atoms with E-state index >= 15 is 0 Å². The minimum atomic E-state index is 1.15. The van der Waals surface area contributed by atoms with E-state index in [1.54, 1.807) is 0 Å². The molecule has 6 heteroatoms. The quantitative estimate of drug-likeness (QED) is 0.0979. The van der Waals surface area contributed by atoms with Gasteiger partial charge in [-0.2, -0.15) is 0 Å². The second kappa shape index (κ2) is 37.4. The molecule has 0 amide bonds. The average Bonchev–Trinajstić information content (AvgIpc) is 1.58. The van der Waals surface area contributed by atoms with E-state index in [9.17, 15) is 0 Å². The van der Waals surface area contributed by atoms with Gasteiger partial charge in [0, 0.05) is 98.8 Å². The molecule has 0 N–H and O–H groups in total. The summed E-state index contributed by atoms with van der Waals surface area (Å²) < 4.78 is 14.4. The minimum absolute atomic E-state index is 1.15. The molecule has 24 aromatic carbocycles. The molecule has 0 unspecified atom stereocenters. The molecule has 0 spiro atoms. The van der Waals surface area contributed by atoms with Crippen molar-refractivity contribution in [1.29, 1.82) is 0 Å². The second-order valence-electron chi connectivity index (χ2n) is 38.9. The number of rotatable bonds is 15. The molecule has 0 radical (unpaired) electrons. The molecule has 702 valence electrons. The number of hydrogen-bond donors (Lipinski definition) is 0. The van der Waals surface area contributed by atoms with E-state index in [-0.39, 0.29) is 0 Å². The highest BCUT2D eigenvalue weighted by Gasteiger charge is 2.25. The highest BCUT2D eigenvalue weighted by molar-refractivity contribution is 6.21.